The lowest BCUT2D eigenvalue weighted by atomic mass is 9.91. The first-order valence-corrected chi connectivity index (χ1v) is 9.59. The van der Waals surface area contributed by atoms with Gasteiger partial charge in [-0.3, -0.25) is 4.98 Å². The van der Waals surface area contributed by atoms with Crippen molar-refractivity contribution in [2.24, 2.45) is 5.73 Å². The highest BCUT2D eigenvalue weighted by molar-refractivity contribution is 6.03. The van der Waals surface area contributed by atoms with E-state index < -0.39 is 0 Å². The molecule has 0 radical (unpaired) electrons. The Morgan fingerprint density at radius 2 is 2.00 bits per heavy atom. The molecule has 6 nitrogen and oxygen atoms in total. The van der Waals surface area contributed by atoms with E-state index in [1.54, 1.807) is 24.7 Å². The Bertz CT molecular complexity index is 1150. The summed E-state index contributed by atoms with van der Waals surface area (Å²) < 4.78 is 13.5. The lowest BCUT2D eigenvalue weighted by Crippen LogP contribution is -2.42. The summed E-state index contributed by atoms with van der Waals surface area (Å²) in [5.41, 5.74) is 9.63. The van der Waals surface area contributed by atoms with Gasteiger partial charge in [0.25, 0.3) is 0 Å². The molecule has 4 aromatic rings. The molecule has 0 amide bonds. The Balaban J connectivity index is 1.59. The zero-order valence-corrected chi connectivity index (χ0v) is 15.3. The molecule has 0 spiro atoms. The van der Waals surface area contributed by atoms with Gasteiger partial charge in [0.15, 0.2) is 0 Å². The standard InChI is InChI=1S/C21H21FN6/c22-13-5-6-14-15(11-25-19(14)7-13)16-10-24-8-12-9-26-21(28-20(12)16)27-18-4-2-1-3-17(18)23/h5-11,17-18,25H,1-4,23H2,(H,26,27,28). The summed E-state index contributed by atoms with van der Waals surface area (Å²) in [7, 11) is 0. The van der Waals surface area contributed by atoms with Crippen molar-refractivity contribution < 1.29 is 4.39 Å². The van der Waals surface area contributed by atoms with Gasteiger partial charge in [-0.15, -0.1) is 0 Å². The quantitative estimate of drug-likeness (QED) is 0.503. The summed E-state index contributed by atoms with van der Waals surface area (Å²) in [6.45, 7) is 0. The molecule has 1 aliphatic rings. The van der Waals surface area contributed by atoms with E-state index in [9.17, 15) is 4.39 Å². The number of benzene rings is 1. The van der Waals surface area contributed by atoms with Crippen LogP contribution in [0.1, 0.15) is 25.7 Å². The van der Waals surface area contributed by atoms with Crippen molar-refractivity contribution in [1.82, 2.24) is 19.9 Å². The van der Waals surface area contributed by atoms with Gasteiger partial charge >= 0.3 is 0 Å². The molecule has 1 aromatic carbocycles. The van der Waals surface area contributed by atoms with Gasteiger partial charge in [-0.2, -0.15) is 0 Å². The highest BCUT2D eigenvalue weighted by atomic mass is 19.1. The predicted octanol–water partition coefficient (Wildman–Crippen LogP) is 3.99. The highest BCUT2D eigenvalue weighted by Crippen LogP contribution is 2.33. The fourth-order valence-electron chi connectivity index (χ4n) is 4.05. The van der Waals surface area contributed by atoms with Crippen LogP contribution in [0.2, 0.25) is 0 Å². The van der Waals surface area contributed by atoms with Crippen LogP contribution in [-0.4, -0.2) is 32.0 Å². The van der Waals surface area contributed by atoms with Crippen molar-refractivity contribution in [3.8, 4) is 11.1 Å². The molecule has 2 atom stereocenters. The molecule has 0 bridgehead atoms. The van der Waals surface area contributed by atoms with Crippen molar-refractivity contribution in [3.05, 3.63) is 48.8 Å². The average Bonchev–Trinajstić information content (AvgIpc) is 3.12. The second-order valence-electron chi connectivity index (χ2n) is 7.41. The summed E-state index contributed by atoms with van der Waals surface area (Å²) in [6, 6.07) is 5.03. The molecule has 1 aliphatic carbocycles. The first-order valence-electron chi connectivity index (χ1n) is 9.59. The van der Waals surface area contributed by atoms with Gasteiger partial charge in [0.1, 0.15) is 5.82 Å². The zero-order valence-electron chi connectivity index (χ0n) is 15.3. The molecule has 3 heterocycles. The van der Waals surface area contributed by atoms with Gasteiger partial charge in [0.05, 0.1) is 5.52 Å². The lowest BCUT2D eigenvalue weighted by Gasteiger charge is -2.29. The Morgan fingerprint density at radius 3 is 2.89 bits per heavy atom. The predicted molar refractivity (Wildman–Crippen MR) is 108 cm³/mol. The molecule has 142 valence electrons. The zero-order chi connectivity index (χ0) is 19.1. The topological polar surface area (TPSA) is 92.5 Å². The van der Waals surface area contributed by atoms with Gasteiger partial charge in [-0.25, -0.2) is 14.4 Å². The van der Waals surface area contributed by atoms with E-state index in [-0.39, 0.29) is 17.9 Å². The number of aromatic amines is 1. The monoisotopic (exact) mass is 376 g/mol. The normalized spacial score (nSPS) is 19.9. The Hall–Kier alpha value is -3.06. The number of nitrogens with two attached hydrogens (primary N) is 1. The number of nitrogens with one attached hydrogen (secondary N) is 2. The SMILES string of the molecule is NC1CCCCC1Nc1ncc2cncc(-c3c[nH]c4cc(F)ccc34)c2n1. The highest BCUT2D eigenvalue weighted by Gasteiger charge is 2.22. The fourth-order valence-corrected chi connectivity index (χ4v) is 4.05. The number of H-pyrrole nitrogens is 1. The van der Waals surface area contributed by atoms with E-state index in [1.807, 2.05) is 6.20 Å². The Kier molecular flexibility index (Phi) is 4.16. The molecule has 1 fully saturated rings. The minimum atomic E-state index is -0.269. The largest absolute Gasteiger partial charge is 0.360 e. The number of nitrogens with zero attached hydrogens (tertiary/aromatic N) is 3. The number of pyridine rings is 1. The van der Waals surface area contributed by atoms with Crippen LogP contribution in [0.4, 0.5) is 10.3 Å². The van der Waals surface area contributed by atoms with Crippen LogP contribution < -0.4 is 11.1 Å². The maximum absolute atomic E-state index is 13.5. The van der Waals surface area contributed by atoms with Crippen molar-refractivity contribution >= 4 is 27.8 Å². The molecular weight excluding hydrogens is 355 g/mol. The molecule has 0 aliphatic heterocycles. The smallest absolute Gasteiger partial charge is 0.223 e. The summed E-state index contributed by atoms with van der Waals surface area (Å²) >= 11 is 0. The first kappa shape index (κ1) is 17.1. The lowest BCUT2D eigenvalue weighted by molar-refractivity contribution is 0.402. The summed E-state index contributed by atoms with van der Waals surface area (Å²) in [6.07, 6.45) is 11.6. The van der Waals surface area contributed by atoms with E-state index in [4.69, 9.17) is 10.7 Å². The van der Waals surface area contributed by atoms with Crippen LogP contribution in [-0.2, 0) is 0 Å². The van der Waals surface area contributed by atoms with Gasteiger partial charge in [0, 0.05) is 64.3 Å². The van der Waals surface area contributed by atoms with Gasteiger partial charge in [-0.05, 0) is 31.0 Å². The third-order valence-electron chi connectivity index (χ3n) is 5.56. The van der Waals surface area contributed by atoms with Crippen molar-refractivity contribution in [2.45, 2.75) is 37.8 Å². The van der Waals surface area contributed by atoms with E-state index in [0.29, 0.717) is 5.95 Å². The van der Waals surface area contributed by atoms with Gasteiger partial charge in [-0.1, -0.05) is 12.8 Å². The molecule has 3 aromatic heterocycles. The number of rotatable bonds is 3. The minimum Gasteiger partial charge on any atom is -0.360 e. The summed E-state index contributed by atoms with van der Waals surface area (Å²) in [5, 5.41) is 5.20. The molecule has 2 unspecified atom stereocenters. The first-order chi connectivity index (χ1) is 13.7. The molecule has 5 rings (SSSR count). The van der Waals surface area contributed by atoms with E-state index in [0.717, 1.165) is 45.8 Å². The second kappa shape index (κ2) is 6.83. The third-order valence-corrected chi connectivity index (χ3v) is 5.56. The molecule has 0 saturated heterocycles. The van der Waals surface area contributed by atoms with E-state index >= 15 is 0 Å². The number of aromatic nitrogens is 4. The van der Waals surface area contributed by atoms with Crippen molar-refractivity contribution in [2.75, 3.05) is 5.32 Å². The number of hydrogen-bond donors (Lipinski definition) is 3. The molecular formula is C21H21FN6. The molecule has 4 N–H and O–H groups in total. The Morgan fingerprint density at radius 1 is 1.11 bits per heavy atom. The number of hydrogen-bond acceptors (Lipinski definition) is 5. The van der Waals surface area contributed by atoms with Crippen LogP contribution in [0, 0.1) is 5.82 Å². The van der Waals surface area contributed by atoms with Crippen molar-refractivity contribution in [3.63, 3.8) is 0 Å². The molecule has 28 heavy (non-hydrogen) atoms. The summed E-state index contributed by atoms with van der Waals surface area (Å²) in [4.78, 5) is 16.7. The van der Waals surface area contributed by atoms with E-state index in [2.05, 4.69) is 20.3 Å². The third kappa shape index (κ3) is 2.97. The second-order valence-corrected chi connectivity index (χ2v) is 7.41. The van der Waals surface area contributed by atoms with E-state index in [1.165, 1.54) is 25.0 Å². The van der Waals surface area contributed by atoms with Crippen LogP contribution in [0.15, 0.2) is 43.0 Å². The Labute approximate surface area is 161 Å². The van der Waals surface area contributed by atoms with Crippen LogP contribution in [0.5, 0.6) is 0 Å². The minimum absolute atomic E-state index is 0.119. The summed E-state index contributed by atoms with van der Waals surface area (Å²) in [5.74, 6) is 0.308. The van der Waals surface area contributed by atoms with Crippen molar-refractivity contribution in [1.29, 1.82) is 0 Å². The number of anilines is 1. The van der Waals surface area contributed by atoms with Gasteiger partial charge in [0.2, 0.25) is 5.95 Å². The van der Waals surface area contributed by atoms with Crippen LogP contribution in [0.3, 0.4) is 0 Å². The fraction of sp³-hybridized carbons (Fsp3) is 0.286. The van der Waals surface area contributed by atoms with Gasteiger partial charge < -0.3 is 16.0 Å². The van der Waals surface area contributed by atoms with Crippen LogP contribution in [0.25, 0.3) is 32.9 Å². The molecule has 1 saturated carbocycles. The number of fused-ring (bicyclic) bond motifs is 2. The molecule has 7 heteroatoms. The van der Waals surface area contributed by atoms with Crippen LogP contribution >= 0.6 is 0 Å². The average molecular weight is 376 g/mol. The number of halogens is 1. The maximum atomic E-state index is 13.5. The maximum Gasteiger partial charge on any atom is 0.223 e.